The first-order valence-corrected chi connectivity index (χ1v) is 7.36. The van der Waals surface area contributed by atoms with Crippen LogP contribution in [0.3, 0.4) is 0 Å². The Morgan fingerprint density at radius 2 is 1.92 bits per heavy atom. The highest BCUT2D eigenvalue weighted by atomic mass is 16.4. The molecule has 2 aromatic heterocycles. The molecule has 0 radical (unpaired) electrons. The largest absolute Gasteiger partial charge is 0.478 e. The van der Waals surface area contributed by atoms with E-state index in [-0.39, 0.29) is 11.1 Å². The highest BCUT2D eigenvalue weighted by Crippen LogP contribution is 2.31. The van der Waals surface area contributed by atoms with E-state index in [2.05, 4.69) is 15.3 Å². The van der Waals surface area contributed by atoms with Crippen molar-refractivity contribution in [2.24, 2.45) is 0 Å². The first-order valence-electron chi connectivity index (χ1n) is 7.36. The molecular weight excluding hydrogens is 306 g/mol. The summed E-state index contributed by atoms with van der Waals surface area (Å²) in [7, 11) is 0. The van der Waals surface area contributed by atoms with Gasteiger partial charge in [-0.15, -0.1) is 0 Å². The number of fused-ring (bicyclic) bond motifs is 3. The average molecular weight is 319 g/mol. The summed E-state index contributed by atoms with van der Waals surface area (Å²) in [6.45, 7) is 0. The van der Waals surface area contributed by atoms with Crippen LogP contribution in [0.25, 0.3) is 21.8 Å². The van der Waals surface area contributed by atoms with Gasteiger partial charge in [0.2, 0.25) is 0 Å². The molecule has 0 fully saturated rings. The summed E-state index contributed by atoms with van der Waals surface area (Å²) in [4.78, 5) is 29.0. The van der Waals surface area contributed by atoms with Crippen LogP contribution >= 0.6 is 0 Å². The lowest BCUT2D eigenvalue weighted by Gasteiger charge is -2.08. The summed E-state index contributed by atoms with van der Waals surface area (Å²) < 4.78 is 0. The minimum absolute atomic E-state index is 0.194. The van der Waals surface area contributed by atoms with Crippen LogP contribution in [0.2, 0.25) is 0 Å². The molecule has 6 heteroatoms. The number of aromatic amines is 2. The van der Waals surface area contributed by atoms with E-state index in [0.29, 0.717) is 16.9 Å². The third-order valence-corrected chi connectivity index (χ3v) is 3.94. The molecule has 0 saturated carbocycles. The highest BCUT2D eigenvalue weighted by molar-refractivity contribution is 6.13. The lowest BCUT2D eigenvalue weighted by Crippen LogP contribution is -2.07. The van der Waals surface area contributed by atoms with E-state index in [1.54, 1.807) is 24.4 Å². The standard InChI is InChI=1S/C18H13N3O3/c22-17-16-15(12-6-1-2-7-13(12)21-16)14(9-19-17)20-11-5-3-4-10(8-11)18(23)24/h1-9,20-21H,(H,19,22)(H,23,24). The first-order chi connectivity index (χ1) is 11.6. The number of carboxylic acid groups (broad SMARTS) is 1. The summed E-state index contributed by atoms with van der Waals surface area (Å²) in [5, 5.41) is 14.0. The number of pyridine rings is 1. The fourth-order valence-corrected chi connectivity index (χ4v) is 2.86. The zero-order chi connectivity index (χ0) is 16.7. The van der Waals surface area contributed by atoms with Gasteiger partial charge < -0.3 is 20.4 Å². The molecule has 4 N–H and O–H groups in total. The van der Waals surface area contributed by atoms with Crippen LogP contribution in [0.5, 0.6) is 0 Å². The van der Waals surface area contributed by atoms with Crippen molar-refractivity contribution in [3.63, 3.8) is 0 Å². The van der Waals surface area contributed by atoms with Gasteiger partial charge in [0.15, 0.2) is 0 Å². The molecule has 2 aromatic carbocycles. The van der Waals surface area contributed by atoms with E-state index < -0.39 is 5.97 Å². The number of hydrogen-bond donors (Lipinski definition) is 4. The van der Waals surface area contributed by atoms with Gasteiger partial charge in [0, 0.05) is 28.2 Å². The number of H-pyrrole nitrogens is 2. The molecule has 0 atom stereocenters. The Morgan fingerprint density at radius 3 is 2.75 bits per heavy atom. The number of nitrogens with one attached hydrogen (secondary N) is 3. The molecule has 4 aromatic rings. The smallest absolute Gasteiger partial charge is 0.335 e. The predicted molar refractivity (Wildman–Crippen MR) is 93.1 cm³/mol. The van der Waals surface area contributed by atoms with Gasteiger partial charge in [-0.25, -0.2) is 4.79 Å². The molecule has 0 aliphatic carbocycles. The van der Waals surface area contributed by atoms with E-state index in [1.807, 2.05) is 24.3 Å². The van der Waals surface area contributed by atoms with Gasteiger partial charge in [-0.05, 0) is 24.3 Å². The van der Waals surface area contributed by atoms with Crippen molar-refractivity contribution in [3.8, 4) is 0 Å². The molecule has 6 nitrogen and oxygen atoms in total. The highest BCUT2D eigenvalue weighted by Gasteiger charge is 2.12. The van der Waals surface area contributed by atoms with Gasteiger partial charge in [0.1, 0.15) is 5.52 Å². The third kappa shape index (κ3) is 2.21. The van der Waals surface area contributed by atoms with Crippen molar-refractivity contribution < 1.29 is 9.90 Å². The minimum atomic E-state index is -0.989. The second-order valence-corrected chi connectivity index (χ2v) is 5.46. The maximum Gasteiger partial charge on any atom is 0.335 e. The Kier molecular flexibility index (Phi) is 3.09. The maximum absolute atomic E-state index is 12.1. The van der Waals surface area contributed by atoms with Crippen LogP contribution in [-0.4, -0.2) is 21.0 Å². The van der Waals surface area contributed by atoms with Crippen LogP contribution in [0, 0.1) is 0 Å². The molecular formula is C18H13N3O3. The van der Waals surface area contributed by atoms with Crippen LogP contribution in [-0.2, 0) is 0 Å². The van der Waals surface area contributed by atoms with E-state index in [0.717, 1.165) is 16.3 Å². The minimum Gasteiger partial charge on any atom is -0.478 e. The van der Waals surface area contributed by atoms with Crippen LogP contribution < -0.4 is 10.9 Å². The normalized spacial score (nSPS) is 11.0. The van der Waals surface area contributed by atoms with Crippen molar-refractivity contribution in [1.82, 2.24) is 9.97 Å². The molecule has 0 spiro atoms. The molecule has 0 bridgehead atoms. The van der Waals surface area contributed by atoms with Gasteiger partial charge >= 0.3 is 5.97 Å². The predicted octanol–water partition coefficient (Wildman–Crippen LogP) is 3.45. The average Bonchev–Trinajstić information content (AvgIpc) is 2.98. The van der Waals surface area contributed by atoms with Gasteiger partial charge in [0.25, 0.3) is 5.56 Å². The van der Waals surface area contributed by atoms with Gasteiger partial charge in [-0.2, -0.15) is 0 Å². The van der Waals surface area contributed by atoms with E-state index in [1.165, 1.54) is 6.07 Å². The second-order valence-electron chi connectivity index (χ2n) is 5.46. The number of carboxylic acids is 1. The molecule has 0 aliphatic heterocycles. The summed E-state index contributed by atoms with van der Waals surface area (Å²) in [5.74, 6) is -0.989. The molecule has 4 rings (SSSR count). The number of aromatic carboxylic acids is 1. The Bertz CT molecular complexity index is 1140. The first kappa shape index (κ1) is 14.1. The van der Waals surface area contributed by atoms with Crippen molar-refractivity contribution in [1.29, 1.82) is 0 Å². The van der Waals surface area contributed by atoms with Gasteiger partial charge in [-0.1, -0.05) is 24.3 Å². The Labute approximate surface area is 135 Å². The molecule has 0 aliphatic rings. The fourth-order valence-electron chi connectivity index (χ4n) is 2.86. The lowest BCUT2D eigenvalue weighted by atomic mass is 10.1. The van der Waals surface area contributed by atoms with Crippen molar-refractivity contribution in [3.05, 3.63) is 70.6 Å². The number of anilines is 2. The Balaban J connectivity index is 1.91. The third-order valence-electron chi connectivity index (χ3n) is 3.94. The van der Waals surface area contributed by atoms with Crippen molar-refractivity contribution >= 4 is 39.1 Å². The molecule has 118 valence electrons. The maximum atomic E-state index is 12.1. The zero-order valence-corrected chi connectivity index (χ0v) is 12.5. The van der Waals surface area contributed by atoms with E-state index >= 15 is 0 Å². The van der Waals surface area contributed by atoms with Crippen LogP contribution in [0.4, 0.5) is 11.4 Å². The summed E-state index contributed by atoms with van der Waals surface area (Å²) >= 11 is 0. The number of benzene rings is 2. The molecule has 0 unspecified atom stereocenters. The SMILES string of the molecule is O=C(O)c1cccc(Nc2c[nH]c(=O)c3[nH]c4ccccc4c23)c1. The Morgan fingerprint density at radius 1 is 1.08 bits per heavy atom. The fraction of sp³-hybridized carbons (Fsp3) is 0. The lowest BCUT2D eigenvalue weighted by molar-refractivity contribution is 0.0697. The number of aromatic nitrogens is 2. The molecule has 2 heterocycles. The number of rotatable bonds is 3. The van der Waals surface area contributed by atoms with Gasteiger partial charge in [0.05, 0.1) is 11.3 Å². The Hall–Kier alpha value is -3.54. The quantitative estimate of drug-likeness (QED) is 0.465. The molecule has 24 heavy (non-hydrogen) atoms. The number of hydrogen-bond acceptors (Lipinski definition) is 3. The second kappa shape index (κ2) is 5.27. The molecule has 0 amide bonds. The summed E-state index contributed by atoms with van der Waals surface area (Å²) in [6, 6.07) is 14.2. The van der Waals surface area contributed by atoms with Crippen molar-refractivity contribution in [2.45, 2.75) is 0 Å². The van der Waals surface area contributed by atoms with E-state index in [4.69, 9.17) is 5.11 Å². The van der Waals surface area contributed by atoms with Crippen molar-refractivity contribution in [2.75, 3.05) is 5.32 Å². The van der Waals surface area contributed by atoms with Crippen LogP contribution in [0.15, 0.2) is 59.5 Å². The number of carbonyl (C=O) groups is 1. The summed E-state index contributed by atoms with van der Waals surface area (Å²) in [6.07, 6.45) is 1.60. The topological polar surface area (TPSA) is 98.0 Å². The molecule has 0 saturated heterocycles. The monoisotopic (exact) mass is 319 g/mol. The zero-order valence-electron chi connectivity index (χ0n) is 12.5. The summed E-state index contributed by atoms with van der Waals surface area (Å²) in [5.41, 5.74) is 2.67. The number of para-hydroxylation sites is 1. The van der Waals surface area contributed by atoms with Crippen LogP contribution in [0.1, 0.15) is 10.4 Å². The van der Waals surface area contributed by atoms with E-state index in [9.17, 15) is 9.59 Å². The van der Waals surface area contributed by atoms with Gasteiger partial charge in [-0.3, -0.25) is 4.79 Å².